The Morgan fingerprint density at radius 1 is 1.08 bits per heavy atom. The molecule has 0 aliphatic heterocycles. The van der Waals surface area contributed by atoms with Crippen molar-refractivity contribution in [2.24, 2.45) is 0 Å². The van der Waals surface area contributed by atoms with Crippen molar-refractivity contribution in [3.63, 3.8) is 0 Å². The van der Waals surface area contributed by atoms with E-state index in [2.05, 4.69) is 15.3 Å². The zero-order chi connectivity index (χ0) is 16.9. The van der Waals surface area contributed by atoms with E-state index in [1.807, 2.05) is 6.07 Å². The molecule has 2 aromatic rings. The van der Waals surface area contributed by atoms with Gasteiger partial charge in [0, 0.05) is 23.4 Å². The first-order valence-electron chi connectivity index (χ1n) is 8.16. The molecule has 4 nitrogen and oxygen atoms in total. The minimum absolute atomic E-state index is 0.00619. The van der Waals surface area contributed by atoms with Gasteiger partial charge in [-0.2, -0.15) is 5.26 Å². The van der Waals surface area contributed by atoms with Gasteiger partial charge in [-0.1, -0.05) is 25.7 Å². The second-order valence-electron chi connectivity index (χ2n) is 6.02. The van der Waals surface area contributed by atoms with Crippen LogP contribution >= 0.6 is 0 Å². The molecule has 1 aromatic heterocycles. The van der Waals surface area contributed by atoms with Gasteiger partial charge in [0.25, 0.3) is 0 Å². The van der Waals surface area contributed by atoms with Crippen LogP contribution in [0.5, 0.6) is 0 Å². The van der Waals surface area contributed by atoms with Gasteiger partial charge in [-0.05, 0) is 31.0 Å². The predicted octanol–water partition coefficient (Wildman–Crippen LogP) is 4.43. The highest BCUT2D eigenvalue weighted by molar-refractivity contribution is 5.75. The molecule has 1 fully saturated rings. The van der Waals surface area contributed by atoms with Crippen LogP contribution in [0.2, 0.25) is 0 Å². The van der Waals surface area contributed by atoms with Crippen LogP contribution in [-0.4, -0.2) is 16.0 Å². The molecule has 1 saturated carbocycles. The lowest BCUT2D eigenvalue weighted by Gasteiger charge is -2.19. The van der Waals surface area contributed by atoms with E-state index in [9.17, 15) is 8.78 Å². The largest absolute Gasteiger partial charge is 0.367 e. The summed E-state index contributed by atoms with van der Waals surface area (Å²) in [5, 5.41) is 12.4. The standard InChI is InChI=1S/C18H18F2N4/c19-12-7-8-16(20)14(9-12)15-11-22-17(10-21)24-18(15)23-13-5-3-1-2-4-6-13/h7-9,11,13H,1-6H2,(H,22,23,24). The topological polar surface area (TPSA) is 61.6 Å². The Balaban J connectivity index is 1.99. The van der Waals surface area contributed by atoms with Crippen LogP contribution in [0, 0.1) is 23.0 Å². The fourth-order valence-corrected chi connectivity index (χ4v) is 3.06. The van der Waals surface area contributed by atoms with Gasteiger partial charge >= 0.3 is 0 Å². The molecule has 6 heteroatoms. The summed E-state index contributed by atoms with van der Waals surface area (Å²) in [6.07, 6.45) is 8.03. The summed E-state index contributed by atoms with van der Waals surface area (Å²) < 4.78 is 27.7. The third-order valence-corrected chi connectivity index (χ3v) is 4.30. The van der Waals surface area contributed by atoms with Gasteiger partial charge in [-0.3, -0.25) is 0 Å². The van der Waals surface area contributed by atoms with Crippen LogP contribution in [0.1, 0.15) is 44.3 Å². The van der Waals surface area contributed by atoms with E-state index in [0.29, 0.717) is 11.4 Å². The second kappa shape index (κ2) is 7.35. The average molecular weight is 328 g/mol. The molecule has 124 valence electrons. The molecule has 1 heterocycles. The summed E-state index contributed by atoms with van der Waals surface area (Å²) in [4.78, 5) is 8.11. The molecule has 0 spiro atoms. The molecule has 1 aliphatic carbocycles. The summed E-state index contributed by atoms with van der Waals surface area (Å²) in [6, 6.07) is 5.38. The third kappa shape index (κ3) is 3.67. The second-order valence-corrected chi connectivity index (χ2v) is 6.02. The van der Waals surface area contributed by atoms with Crippen LogP contribution in [0.3, 0.4) is 0 Å². The van der Waals surface area contributed by atoms with Crippen molar-refractivity contribution in [3.8, 4) is 17.2 Å². The molecule has 0 unspecified atom stereocenters. The van der Waals surface area contributed by atoms with Crippen LogP contribution in [0.25, 0.3) is 11.1 Å². The normalized spacial score (nSPS) is 15.5. The smallest absolute Gasteiger partial charge is 0.234 e. The number of nitriles is 1. The van der Waals surface area contributed by atoms with Crippen molar-refractivity contribution in [2.75, 3.05) is 5.32 Å². The summed E-state index contributed by atoms with van der Waals surface area (Å²) >= 11 is 0. The van der Waals surface area contributed by atoms with Gasteiger partial charge in [0.1, 0.15) is 23.5 Å². The van der Waals surface area contributed by atoms with Crippen molar-refractivity contribution < 1.29 is 8.78 Å². The Kier molecular flexibility index (Phi) is 4.99. The first-order valence-corrected chi connectivity index (χ1v) is 8.16. The van der Waals surface area contributed by atoms with Gasteiger partial charge in [0.15, 0.2) is 0 Å². The zero-order valence-electron chi connectivity index (χ0n) is 13.2. The van der Waals surface area contributed by atoms with E-state index >= 15 is 0 Å². The summed E-state index contributed by atoms with van der Waals surface area (Å²) in [6.45, 7) is 0. The Bertz CT molecular complexity index is 762. The Morgan fingerprint density at radius 2 is 1.83 bits per heavy atom. The van der Waals surface area contributed by atoms with Gasteiger partial charge in [-0.15, -0.1) is 0 Å². The van der Waals surface area contributed by atoms with Gasteiger partial charge < -0.3 is 5.32 Å². The third-order valence-electron chi connectivity index (χ3n) is 4.30. The number of benzene rings is 1. The quantitative estimate of drug-likeness (QED) is 0.847. The number of hydrogen-bond acceptors (Lipinski definition) is 4. The molecule has 1 aliphatic rings. The number of anilines is 1. The maximum atomic E-state index is 14.1. The molecule has 3 rings (SSSR count). The van der Waals surface area contributed by atoms with Crippen molar-refractivity contribution in [1.29, 1.82) is 5.26 Å². The zero-order valence-corrected chi connectivity index (χ0v) is 13.2. The highest BCUT2D eigenvalue weighted by Crippen LogP contribution is 2.31. The molecule has 0 atom stereocenters. The minimum Gasteiger partial charge on any atom is -0.367 e. The van der Waals surface area contributed by atoms with Gasteiger partial charge in [0.05, 0.1) is 0 Å². The Morgan fingerprint density at radius 3 is 2.54 bits per heavy atom. The number of aromatic nitrogens is 2. The fourth-order valence-electron chi connectivity index (χ4n) is 3.06. The van der Waals surface area contributed by atoms with E-state index in [4.69, 9.17) is 5.26 Å². The molecule has 24 heavy (non-hydrogen) atoms. The van der Waals surface area contributed by atoms with Crippen LogP contribution in [0.4, 0.5) is 14.6 Å². The van der Waals surface area contributed by atoms with E-state index in [0.717, 1.165) is 43.9 Å². The number of nitrogens with zero attached hydrogens (tertiary/aromatic N) is 3. The molecular formula is C18H18F2N4. The highest BCUT2D eigenvalue weighted by Gasteiger charge is 2.18. The number of halogens is 2. The lowest BCUT2D eigenvalue weighted by Crippen LogP contribution is -2.20. The van der Waals surface area contributed by atoms with Crippen LogP contribution < -0.4 is 5.32 Å². The Hall–Kier alpha value is -2.55. The molecule has 1 aromatic carbocycles. The average Bonchev–Trinajstić information content (AvgIpc) is 2.86. The lowest BCUT2D eigenvalue weighted by molar-refractivity contribution is 0.602. The van der Waals surface area contributed by atoms with Crippen LogP contribution in [-0.2, 0) is 0 Å². The van der Waals surface area contributed by atoms with Crippen molar-refractivity contribution in [3.05, 3.63) is 41.9 Å². The molecule has 0 saturated heterocycles. The number of rotatable bonds is 3. The summed E-state index contributed by atoms with van der Waals surface area (Å²) in [5.41, 5.74) is 0.464. The van der Waals surface area contributed by atoms with Crippen molar-refractivity contribution >= 4 is 5.82 Å². The monoisotopic (exact) mass is 328 g/mol. The maximum absolute atomic E-state index is 14.1. The molecule has 0 amide bonds. The van der Waals surface area contributed by atoms with Gasteiger partial charge in [0.2, 0.25) is 5.82 Å². The minimum atomic E-state index is -0.548. The highest BCUT2D eigenvalue weighted by atomic mass is 19.1. The Labute approximate surface area is 139 Å². The van der Waals surface area contributed by atoms with E-state index in [1.165, 1.54) is 19.0 Å². The summed E-state index contributed by atoms with van der Waals surface area (Å²) in [7, 11) is 0. The summed E-state index contributed by atoms with van der Waals surface area (Å²) in [5.74, 6) is -0.686. The van der Waals surface area contributed by atoms with E-state index < -0.39 is 11.6 Å². The van der Waals surface area contributed by atoms with Gasteiger partial charge in [-0.25, -0.2) is 18.7 Å². The first kappa shape index (κ1) is 16.3. The number of nitrogens with one attached hydrogen (secondary N) is 1. The molecule has 0 radical (unpaired) electrons. The lowest BCUT2D eigenvalue weighted by atomic mass is 10.1. The van der Waals surface area contributed by atoms with Crippen molar-refractivity contribution in [1.82, 2.24) is 9.97 Å². The first-order chi connectivity index (χ1) is 11.7. The van der Waals surface area contributed by atoms with E-state index in [-0.39, 0.29) is 17.4 Å². The molecule has 1 N–H and O–H groups in total. The van der Waals surface area contributed by atoms with Crippen LogP contribution in [0.15, 0.2) is 24.4 Å². The fraction of sp³-hybridized carbons (Fsp3) is 0.389. The SMILES string of the molecule is N#Cc1ncc(-c2cc(F)ccc2F)c(NC2CCCCCC2)n1. The number of hydrogen-bond donors (Lipinski definition) is 1. The predicted molar refractivity (Wildman–Crippen MR) is 87.2 cm³/mol. The van der Waals surface area contributed by atoms with E-state index in [1.54, 1.807) is 0 Å². The molecule has 0 bridgehead atoms. The van der Waals surface area contributed by atoms with Crippen molar-refractivity contribution in [2.45, 2.75) is 44.6 Å². The molecular weight excluding hydrogens is 310 g/mol. The maximum Gasteiger partial charge on any atom is 0.234 e.